The van der Waals surface area contributed by atoms with Gasteiger partial charge >= 0.3 is 0 Å². The highest BCUT2D eigenvalue weighted by atomic mass is 16.7. The van der Waals surface area contributed by atoms with Crippen LogP contribution in [0.15, 0.2) is 28.9 Å². The quantitative estimate of drug-likeness (QED) is 0.849. The van der Waals surface area contributed by atoms with E-state index in [2.05, 4.69) is 29.1 Å². The van der Waals surface area contributed by atoms with Crippen LogP contribution in [0.25, 0.3) is 0 Å². The van der Waals surface area contributed by atoms with Crippen molar-refractivity contribution in [2.24, 2.45) is 0 Å². The van der Waals surface area contributed by atoms with Gasteiger partial charge in [-0.2, -0.15) is 0 Å². The second kappa shape index (κ2) is 5.07. The zero-order valence-corrected chi connectivity index (χ0v) is 12.0. The van der Waals surface area contributed by atoms with E-state index >= 15 is 0 Å². The average molecular weight is 286 g/mol. The maximum atomic E-state index is 5.48. The molecule has 4 rings (SSSR count). The minimum Gasteiger partial charge on any atom is -0.454 e. The summed E-state index contributed by atoms with van der Waals surface area (Å²) in [5, 5.41) is 3.89. The van der Waals surface area contributed by atoms with Crippen molar-refractivity contribution in [3.05, 3.63) is 41.3 Å². The highest BCUT2D eigenvalue weighted by molar-refractivity contribution is 5.45. The molecule has 0 saturated carbocycles. The highest BCUT2D eigenvalue weighted by Crippen LogP contribution is 2.35. The van der Waals surface area contributed by atoms with E-state index in [0.29, 0.717) is 12.8 Å². The number of hydrogen-bond donors (Lipinski definition) is 0. The third-order valence-electron chi connectivity index (χ3n) is 4.45. The maximum Gasteiger partial charge on any atom is 0.231 e. The van der Waals surface area contributed by atoms with Crippen molar-refractivity contribution in [2.45, 2.75) is 25.8 Å². The van der Waals surface area contributed by atoms with Crippen LogP contribution in [0, 0.1) is 0 Å². The molecule has 2 aromatic rings. The summed E-state index contributed by atoms with van der Waals surface area (Å²) < 4.78 is 16.2. The van der Waals surface area contributed by atoms with Gasteiger partial charge < -0.3 is 14.0 Å². The molecule has 2 aliphatic rings. The second-order valence-electron chi connectivity index (χ2n) is 5.60. The molecule has 1 aromatic heterocycles. The van der Waals surface area contributed by atoms with E-state index in [9.17, 15) is 0 Å². The molecule has 3 heterocycles. The fourth-order valence-electron chi connectivity index (χ4n) is 3.09. The number of nitrogens with zero attached hydrogens (tertiary/aromatic N) is 2. The van der Waals surface area contributed by atoms with Gasteiger partial charge in [-0.25, -0.2) is 0 Å². The Hall–Kier alpha value is -2.01. The Morgan fingerprint density at radius 3 is 2.95 bits per heavy atom. The Morgan fingerprint density at radius 1 is 1.14 bits per heavy atom. The first-order valence-corrected chi connectivity index (χ1v) is 7.37. The first-order valence-electron chi connectivity index (χ1n) is 7.37. The van der Waals surface area contributed by atoms with Gasteiger partial charge in [0.2, 0.25) is 6.79 Å². The smallest absolute Gasteiger partial charge is 0.231 e. The van der Waals surface area contributed by atoms with Crippen LogP contribution < -0.4 is 9.47 Å². The third kappa shape index (κ3) is 2.27. The SMILES string of the molecule is CC(c1ccc2c(c1)OCO2)N1CCc2cnoc2CC1. The summed E-state index contributed by atoms with van der Waals surface area (Å²) >= 11 is 0. The number of hydrogen-bond acceptors (Lipinski definition) is 5. The van der Waals surface area contributed by atoms with Crippen LogP contribution in [0.3, 0.4) is 0 Å². The molecule has 0 saturated heterocycles. The summed E-state index contributed by atoms with van der Waals surface area (Å²) in [5.74, 6) is 2.73. The molecule has 0 aliphatic carbocycles. The van der Waals surface area contributed by atoms with Gasteiger partial charge in [0.1, 0.15) is 5.76 Å². The molecule has 5 heteroatoms. The Bertz CT molecular complexity index is 630. The molecule has 1 atom stereocenters. The van der Waals surface area contributed by atoms with Gasteiger partial charge in [-0.3, -0.25) is 4.90 Å². The number of aromatic nitrogens is 1. The van der Waals surface area contributed by atoms with E-state index in [1.807, 2.05) is 12.3 Å². The zero-order chi connectivity index (χ0) is 14.2. The topological polar surface area (TPSA) is 47.7 Å². The first-order chi connectivity index (χ1) is 10.3. The molecule has 1 aromatic carbocycles. The van der Waals surface area contributed by atoms with E-state index in [-0.39, 0.29) is 0 Å². The number of benzene rings is 1. The largest absolute Gasteiger partial charge is 0.454 e. The molecular weight excluding hydrogens is 268 g/mol. The summed E-state index contributed by atoms with van der Waals surface area (Å²) in [6, 6.07) is 6.57. The Morgan fingerprint density at radius 2 is 2.00 bits per heavy atom. The highest BCUT2D eigenvalue weighted by Gasteiger charge is 2.23. The van der Waals surface area contributed by atoms with E-state index in [4.69, 9.17) is 14.0 Å². The second-order valence-corrected chi connectivity index (χ2v) is 5.60. The van der Waals surface area contributed by atoms with Gasteiger partial charge in [0.15, 0.2) is 11.5 Å². The molecule has 0 N–H and O–H groups in total. The molecule has 0 radical (unpaired) electrons. The van der Waals surface area contributed by atoms with Crippen LogP contribution in [0.1, 0.15) is 29.9 Å². The molecule has 0 fully saturated rings. The maximum absolute atomic E-state index is 5.48. The summed E-state index contributed by atoms with van der Waals surface area (Å²) in [5.41, 5.74) is 2.51. The molecular formula is C16H18N2O3. The summed E-state index contributed by atoms with van der Waals surface area (Å²) in [6.45, 7) is 4.56. The van der Waals surface area contributed by atoms with Gasteiger partial charge in [0.25, 0.3) is 0 Å². The minimum absolute atomic E-state index is 0.324. The van der Waals surface area contributed by atoms with E-state index in [1.54, 1.807) is 0 Å². The van der Waals surface area contributed by atoms with Crippen LogP contribution >= 0.6 is 0 Å². The van der Waals surface area contributed by atoms with Gasteiger partial charge in [0, 0.05) is 31.1 Å². The third-order valence-corrected chi connectivity index (χ3v) is 4.45. The summed E-state index contributed by atoms with van der Waals surface area (Å²) in [6.07, 6.45) is 3.77. The fourth-order valence-corrected chi connectivity index (χ4v) is 3.09. The van der Waals surface area contributed by atoms with E-state index < -0.39 is 0 Å². The van der Waals surface area contributed by atoms with Crippen molar-refractivity contribution in [1.29, 1.82) is 0 Å². The Balaban J connectivity index is 1.52. The Kier molecular flexibility index (Phi) is 3.07. The molecule has 21 heavy (non-hydrogen) atoms. The molecule has 5 nitrogen and oxygen atoms in total. The first kappa shape index (κ1) is 12.7. The van der Waals surface area contributed by atoms with Crippen molar-refractivity contribution in [3.63, 3.8) is 0 Å². The van der Waals surface area contributed by atoms with E-state index in [0.717, 1.165) is 43.2 Å². The number of rotatable bonds is 2. The summed E-state index contributed by atoms with van der Waals surface area (Å²) in [7, 11) is 0. The van der Waals surface area contributed by atoms with E-state index in [1.165, 1.54) is 11.1 Å². The van der Waals surface area contributed by atoms with Crippen LogP contribution in [0.4, 0.5) is 0 Å². The predicted octanol–water partition coefficient (Wildman–Crippen LogP) is 2.57. The van der Waals surface area contributed by atoms with Gasteiger partial charge in [-0.1, -0.05) is 11.2 Å². The fraction of sp³-hybridized carbons (Fsp3) is 0.438. The van der Waals surface area contributed by atoms with Crippen molar-refractivity contribution in [2.75, 3.05) is 19.9 Å². The predicted molar refractivity (Wildman–Crippen MR) is 76.5 cm³/mol. The standard InChI is InChI=1S/C16H18N2O3/c1-11(12-2-3-15-16(8-12)20-10-19-15)18-6-4-13-9-17-21-14(13)5-7-18/h2-3,8-9,11H,4-7,10H2,1H3. The molecule has 0 bridgehead atoms. The lowest BCUT2D eigenvalue weighted by molar-refractivity contribution is 0.173. The number of fused-ring (bicyclic) bond motifs is 2. The molecule has 110 valence electrons. The van der Waals surface area contributed by atoms with Crippen LogP contribution in [0.5, 0.6) is 11.5 Å². The monoisotopic (exact) mass is 286 g/mol. The zero-order valence-electron chi connectivity index (χ0n) is 12.0. The number of ether oxygens (including phenoxy) is 2. The lowest BCUT2D eigenvalue weighted by Crippen LogP contribution is -2.29. The summed E-state index contributed by atoms with van der Waals surface area (Å²) in [4.78, 5) is 2.48. The van der Waals surface area contributed by atoms with Gasteiger partial charge in [0.05, 0.1) is 6.20 Å². The molecule has 1 unspecified atom stereocenters. The van der Waals surface area contributed by atoms with Gasteiger partial charge in [-0.05, 0) is 31.0 Å². The van der Waals surface area contributed by atoms with Crippen molar-refractivity contribution < 1.29 is 14.0 Å². The molecule has 2 aliphatic heterocycles. The van der Waals surface area contributed by atoms with Crippen LogP contribution in [-0.2, 0) is 12.8 Å². The average Bonchev–Trinajstić information content (AvgIpc) is 3.11. The van der Waals surface area contributed by atoms with Gasteiger partial charge in [-0.15, -0.1) is 0 Å². The van der Waals surface area contributed by atoms with Crippen molar-refractivity contribution in [3.8, 4) is 11.5 Å². The van der Waals surface area contributed by atoms with Crippen molar-refractivity contribution in [1.82, 2.24) is 10.1 Å². The van der Waals surface area contributed by atoms with Crippen molar-refractivity contribution >= 4 is 0 Å². The molecule has 0 spiro atoms. The van der Waals surface area contributed by atoms with Crippen LogP contribution in [0.2, 0.25) is 0 Å². The Labute approximate surface area is 123 Å². The van der Waals surface area contributed by atoms with Crippen LogP contribution in [-0.4, -0.2) is 29.9 Å². The lowest BCUT2D eigenvalue weighted by Gasteiger charge is -2.27. The minimum atomic E-state index is 0.324. The lowest BCUT2D eigenvalue weighted by atomic mass is 10.1. The normalized spacial score (nSPS) is 19.1. The molecule has 0 amide bonds.